The van der Waals surface area contributed by atoms with Crippen LogP contribution in [0, 0.1) is 18.7 Å². The molecule has 4 rings (SSSR count). The molecule has 0 bridgehead atoms. The molecule has 0 unspecified atom stereocenters. The van der Waals surface area contributed by atoms with Gasteiger partial charge in [0.2, 0.25) is 0 Å². The minimum absolute atomic E-state index is 0.0505. The van der Waals surface area contributed by atoms with Crippen molar-refractivity contribution in [2.75, 3.05) is 6.61 Å². The van der Waals surface area contributed by atoms with Crippen LogP contribution in [-0.2, 0) is 11.3 Å². The number of nitrogens with zero attached hydrogens (tertiary/aromatic N) is 1. The molecule has 4 nitrogen and oxygen atoms in total. The lowest BCUT2D eigenvalue weighted by atomic mass is 9.86. The predicted molar refractivity (Wildman–Crippen MR) is 182 cm³/mol. The van der Waals surface area contributed by atoms with E-state index in [0.717, 1.165) is 59.3 Å². The second kappa shape index (κ2) is 17.7. The first kappa shape index (κ1) is 35.8. The van der Waals surface area contributed by atoms with Crippen LogP contribution in [0.25, 0.3) is 15.7 Å². The number of halogens is 1. The van der Waals surface area contributed by atoms with Gasteiger partial charge >= 0.3 is 0 Å². The Morgan fingerprint density at radius 2 is 1.81 bits per heavy atom. The largest absolute Gasteiger partial charge is 0.505 e. The van der Waals surface area contributed by atoms with Gasteiger partial charge in [0.25, 0.3) is 5.91 Å². The molecule has 3 aromatic rings. The summed E-state index contributed by atoms with van der Waals surface area (Å²) in [4.78, 5) is 16.2. The standard InChI is InChI=1S/C33H38FNO3S.2C2H6/c1-6-9-24(18-23(5)38-7-2)25-15-14-22(4)26(19-25)20-35(27-16-12-21(3)13-17-27)33(37)32-31(36)30-28(34)10-8-11-29(30)39-32;2*1-2/h6,8-11,14-15,18-19,21,27,36H,5,7,12-13,16-17,20H2,1-4H3;2*1-2H3/b9-6-,24-18+;;. The molecule has 1 aromatic heterocycles. The lowest BCUT2D eigenvalue weighted by Crippen LogP contribution is -2.41. The van der Waals surface area contributed by atoms with Crippen LogP contribution in [0.4, 0.5) is 4.39 Å². The van der Waals surface area contributed by atoms with Gasteiger partial charge in [-0.2, -0.15) is 0 Å². The molecule has 0 saturated heterocycles. The average molecular weight is 608 g/mol. The Balaban J connectivity index is 0.00000155. The Morgan fingerprint density at radius 1 is 1.14 bits per heavy atom. The molecule has 1 saturated carbocycles. The number of rotatable bonds is 9. The highest BCUT2D eigenvalue weighted by Gasteiger charge is 2.32. The number of benzene rings is 2. The van der Waals surface area contributed by atoms with Crippen molar-refractivity contribution in [3.63, 3.8) is 0 Å². The quantitative estimate of drug-likeness (QED) is 0.194. The number of carbonyl (C=O) groups is 1. The van der Waals surface area contributed by atoms with E-state index in [1.165, 1.54) is 6.07 Å². The van der Waals surface area contributed by atoms with Gasteiger partial charge in [0, 0.05) is 17.3 Å². The maximum absolute atomic E-state index is 14.5. The molecule has 6 heteroatoms. The Labute approximate surface area is 262 Å². The summed E-state index contributed by atoms with van der Waals surface area (Å²) in [6.07, 6.45) is 9.84. The average Bonchev–Trinajstić information content (AvgIpc) is 3.36. The van der Waals surface area contributed by atoms with Gasteiger partial charge in [0.15, 0.2) is 0 Å². The Hall–Kier alpha value is -3.38. The van der Waals surface area contributed by atoms with Gasteiger partial charge in [-0.05, 0) is 98.9 Å². The van der Waals surface area contributed by atoms with Gasteiger partial charge in [-0.15, -0.1) is 11.3 Å². The zero-order valence-electron chi connectivity index (χ0n) is 27.3. The summed E-state index contributed by atoms with van der Waals surface area (Å²) >= 11 is 1.16. The SMILES string of the molecule is C=C(/C=C(\C=C/C)c1ccc(C)c(CN(C(=O)c2sc3cccc(F)c3c2O)C2CCC(C)CC2)c1)OCC.CC.CC. The number of hydrogen-bond acceptors (Lipinski definition) is 4. The fraction of sp³-hybridized carbons (Fsp3) is 0.432. The van der Waals surface area contributed by atoms with Crippen molar-refractivity contribution in [1.29, 1.82) is 0 Å². The number of aromatic hydroxyl groups is 1. The molecule has 0 aliphatic heterocycles. The van der Waals surface area contributed by atoms with E-state index in [-0.39, 0.29) is 28.0 Å². The summed E-state index contributed by atoms with van der Waals surface area (Å²) in [6.45, 7) is 21.2. The molecule has 1 fully saturated rings. The zero-order valence-corrected chi connectivity index (χ0v) is 28.1. The molecule has 0 atom stereocenters. The van der Waals surface area contributed by atoms with Crippen LogP contribution in [0.5, 0.6) is 5.75 Å². The molecular formula is C37H50FNO3S. The number of allylic oxidation sites excluding steroid dienone is 4. The molecule has 0 radical (unpaired) electrons. The minimum atomic E-state index is -0.515. The normalized spacial score (nSPS) is 16.6. The number of fused-ring (bicyclic) bond motifs is 1. The van der Waals surface area contributed by atoms with Crippen LogP contribution in [0.1, 0.15) is 101 Å². The van der Waals surface area contributed by atoms with Gasteiger partial charge in [-0.25, -0.2) is 4.39 Å². The summed E-state index contributed by atoms with van der Waals surface area (Å²) in [6, 6.07) is 11.0. The third-order valence-corrected chi connectivity index (χ3v) is 8.67. The van der Waals surface area contributed by atoms with E-state index >= 15 is 0 Å². The fourth-order valence-electron chi connectivity index (χ4n) is 5.30. The van der Waals surface area contributed by atoms with Crippen molar-refractivity contribution < 1.29 is 19.0 Å². The molecule has 0 spiro atoms. The molecule has 1 N–H and O–H groups in total. The summed E-state index contributed by atoms with van der Waals surface area (Å²) in [5.41, 5.74) is 4.09. The smallest absolute Gasteiger partial charge is 0.268 e. The van der Waals surface area contributed by atoms with E-state index in [1.807, 2.05) is 64.7 Å². The highest BCUT2D eigenvalue weighted by molar-refractivity contribution is 7.21. The molecule has 1 aliphatic carbocycles. The van der Waals surface area contributed by atoms with Crippen molar-refractivity contribution in [3.05, 3.63) is 94.3 Å². The van der Waals surface area contributed by atoms with Crippen molar-refractivity contribution in [3.8, 4) is 5.75 Å². The third-order valence-electron chi connectivity index (χ3n) is 7.54. The highest BCUT2D eigenvalue weighted by Crippen LogP contribution is 2.40. The van der Waals surface area contributed by atoms with Crippen LogP contribution >= 0.6 is 11.3 Å². The first-order valence-electron chi connectivity index (χ1n) is 15.7. The van der Waals surface area contributed by atoms with Crippen molar-refractivity contribution in [2.24, 2.45) is 5.92 Å². The van der Waals surface area contributed by atoms with Crippen molar-refractivity contribution in [2.45, 2.75) is 93.7 Å². The zero-order chi connectivity index (χ0) is 32.1. The van der Waals surface area contributed by atoms with Gasteiger partial charge in [0.05, 0.1) is 12.0 Å². The van der Waals surface area contributed by atoms with Crippen molar-refractivity contribution in [1.82, 2.24) is 4.90 Å². The minimum Gasteiger partial charge on any atom is -0.505 e. The summed E-state index contributed by atoms with van der Waals surface area (Å²) < 4.78 is 20.7. The number of carbonyl (C=O) groups excluding carboxylic acids is 1. The van der Waals surface area contributed by atoms with Gasteiger partial charge in [-0.3, -0.25) is 4.79 Å². The Kier molecular flexibility index (Phi) is 14.7. The van der Waals surface area contributed by atoms with Crippen LogP contribution < -0.4 is 0 Å². The Morgan fingerprint density at radius 3 is 2.42 bits per heavy atom. The maximum atomic E-state index is 14.5. The van der Waals surface area contributed by atoms with Gasteiger partial charge < -0.3 is 14.7 Å². The molecule has 2 aromatic carbocycles. The molecule has 1 heterocycles. The lowest BCUT2D eigenvalue weighted by Gasteiger charge is -2.36. The summed E-state index contributed by atoms with van der Waals surface area (Å²) in [5, 5.41) is 11.1. The number of aryl methyl sites for hydroxylation is 1. The number of hydrogen-bond donors (Lipinski definition) is 1. The predicted octanol–water partition coefficient (Wildman–Crippen LogP) is 10.8. The summed E-state index contributed by atoms with van der Waals surface area (Å²) in [5.74, 6) is 0.200. The highest BCUT2D eigenvalue weighted by atomic mass is 32.1. The molecule has 43 heavy (non-hydrogen) atoms. The molecule has 1 amide bonds. The van der Waals surface area contributed by atoms with Crippen LogP contribution in [-0.4, -0.2) is 28.6 Å². The monoisotopic (exact) mass is 607 g/mol. The number of ether oxygens (including phenoxy) is 1. The van der Waals surface area contributed by atoms with Crippen LogP contribution in [0.3, 0.4) is 0 Å². The second-order valence-electron chi connectivity index (χ2n) is 10.4. The maximum Gasteiger partial charge on any atom is 0.268 e. The second-order valence-corrected chi connectivity index (χ2v) is 11.4. The van der Waals surface area contributed by atoms with E-state index < -0.39 is 5.82 Å². The summed E-state index contributed by atoms with van der Waals surface area (Å²) in [7, 11) is 0. The number of amides is 1. The van der Waals surface area contributed by atoms with E-state index in [2.05, 4.69) is 38.6 Å². The molecular weight excluding hydrogens is 557 g/mol. The fourth-order valence-corrected chi connectivity index (χ4v) is 6.37. The molecule has 234 valence electrons. The first-order valence-corrected chi connectivity index (χ1v) is 16.5. The molecule has 1 aliphatic rings. The van der Waals surface area contributed by atoms with E-state index in [1.54, 1.807) is 12.1 Å². The van der Waals surface area contributed by atoms with Gasteiger partial charge in [0.1, 0.15) is 22.2 Å². The third kappa shape index (κ3) is 9.06. The van der Waals surface area contributed by atoms with Gasteiger partial charge in [-0.1, -0.05) is 71.5 Å². The van der Waals surface area contributed by atoms with E-state index in [4.69, 9.17) is 4.74 Å². The first-order chi connectivity index (χ1) is 20.7. The van der Waals surface area contributed by atoms with Crippen LogP contribution in [0.2, 0.25) is 0 Å². The topological polar surface area (TPSA) is 49.8 Å². The lowest BCUT2D eigenvalue weighted by molar-refractivity contribution is 0.0595. The van der Waals surface area contributed by atoms with Crippen LogP contribution in [0.15, 0.2) is 67.0 Å². The number of thiophene rings is 1. The van der Waals surface area contributed by atoms with E-state index in [9.17, 15) is 14.3 Å². The van der Waals surface area contributed by atoms with Crippen molar-refractivity contribution >= 4 is 32.9 Å². The van der Waals surface area contributed by atoms with E-state index in [0.29, 0.717) is 29.5 Å². The Bertz CT molecular complexity index is 1410.